The molecule has 1 heterocycles. The fourth-order valence-electron chi connectivity index (χ4n) is 3.27. The first kappa shape index (κ1) is 18.2. The molecule has 6 heteroatoms. The third-order valence-electron chi connectivity index (χ3n) is 4.98. The van der Waals surface area contributed by atoms with Crippen LogP contribution in [-0.4, -0.2) is 45.2 Å². The van der Waals surface area contributed by atoms with Crippen LogP contribution in [0.15, 0.2) is 48.5 Å². The Morgan fingerprint density at radius 1 is 1.15 bits per heavy atom. The van der Waals surface area contributed by atoms with Gasteiger partial charge in [-0.3, -0.25) is 4.79 Å². The highest BCUT2D eigenvalue weighted by atomic mass is 19.1. The van der Waals surface area contributed by atoms with Crippen LogP contribution >= 0.6 is 0 Å². The normalized spacial score (nSPS) is 16.2. The molecule has 0 unspecified atom stereocenters. The maximum absolute atomic E-state index is 13.7. The van der Waals surface area contributed by atoms with Crippen molar-refractivity contribution in [1.82, 2.24) is 0 Å². The Bertz CT molecular complexity index is 743. The van der Waals surface area contributed by atoms with E-state index in [9.17, 15) is 9.18 Å². The quantitative estimate of drug-likeness (QED) is 0.853. The van der Waals surface area contributed by atoms with Gasteiger partial charge < -0.3 is 19.9 Å². The van der Waals surface area contributed by atoms with Crippen molar-refractivity contribution < 1.29 is 18.8 Å². The first-order valence-electron chi connectivity index (χ1n) is 8.87. The number of carbonyl (C=O) groups is 1. The molecule has 1 saturated heterocycles. The van der Waals surface area contributed by atoms with Crippen molar-refractivity contribution in [2.75, 3.05) is 43.5 Å². The lowest BCUT2D eigenvalue weighted by molar-refractivity contribution is -0.914. The first-order chi connectivity index (χ1) is 12.6. The molecule has 1 aliphatic heterocycles. The number of para-hydroxylation sites is 1. The van der Waals surface area contributed by atoms with Gasteiger partial charge in [0.25, 0.3) is 5.91 Å². The monoisotopic (exact) mass is 358 g/mol. The summed E-state index contributed by atoms with van der Waals surface area (Å²) in [6.45, 7) is 5.36. The lowest BCUT2D eigenvalue weighted by Crippen LogP contribution is -3.19. The number of quaternary nitrogens is 1. The van der Waals surface area contributed by atoms with Gasteiger partial charge in [-0.15, -0.1) is 0 Å². The van der Waals surface area contributed by atoms with E-state index in [4.69, 9.17) is 4.74 Å². The van der Waals surface area contributed by atoms with Gasteiger partial charge in [-0.1, -0.05) is 12.1 Å². The second kappa shape index (κ2) is 8.19. The first-order valence-corrected chi connectivity index (χ1v) is 8.87. The van der Waals surface area contributed by atoms with Gasteiger partial charge in [0, 0.05) is 5.69 Å². The summed E-state index contributed by atoms with van der Waals surface area (Å²) in [5, 5.41) is 2.70. The van der Waals surface area contributed by atoms with Gasteiger partial charge in [0.05, 0.1) is 39.0 Å². The topological polar surface area (TPSA) is 46.0 Å². The molecule has 5 nitrogen and oxygen atoms in total. The number of amides is 1. The van der Waals surface area contributed by atoms with Crippen molar-refractivity contribution in [1.29, 1.82) is 0 Å². The molecule has 2 aromatic carbocycles. The van der Waals surface area contributed by atoms with Crippen LogP contribution in [0.25, 0.3) is 0 Å². The maximum atomic E-state index is 13.7. The third kappa shape index (κ3) is 4.14. The fourth-order valence-corrected chi connectivity index (χ4v) is 3.27. The van der Waals surface area contributed by atoms with E-state index >= 15 is 0 Å². The second-order valence-corrected chi connectivity index (χ2v) is 6.53. The highest BCUT2D eigenvalue weighted by molar-refractivity contribution is 5.93. The van der Waals surface area contributed by atoms with E-state index in [2.05, 4.69) is 22.3 Å². The molecule has 3 rings (SSSR count). The van der Waals surface area contributed by atoms with Crippen LogP contribution in [0.1, 0.15) is 6.92 Å². The molecule has 2 N–H and O–H groups in total. The fraction of sp³-hybridized carbons (Fsp3) is 0.350. The average molecular weight is 358 g/mol. The van der Waals surface area contributed by atoms with Gasteiger partial charge in [-0.05, 0) is 43.3 Å². The Morgan fingerprint density at radius 2 is 1.81 bits per heavy atom. The van der Waals surface area contributed by atoms with Gasteiger partial charge in [0.2, 0.25) is 0 Å². The standard InChI is InChI=1S/C20H24FN3O2/c1-15(20(25)22-19-6-4-3-5-18(19)21)23-11-13-24(14-12-23)16-7-9-17(26-2)10-8-16/h3-10,15H,11-14H2,1-2H3,(H,22,25)/p+1/t15-/m1/s1. The molecular weight excluding hydrogens is 333 g/mol. The number of benzene rings is 2. The molecule has 0 bridgehead atoms. The molecule has 0 spiro atoms. The Labute approximate surface area is 153 Å². The van der Waals surface area contributed by atoms with E-state index in [1.807, 2.05) is 19.1 Å². The number of anilines is 2. The van der Waals surface area contributed by atoms with Crippen LogP contribution in [0.2, 0.25) is 0 Å². The Morgan fingerprint density at radius 3 is 2.42 bits per heavy atom. The van der Waals surface area contributed by atoms with Crippen molar-refractivity contribution in [2.24, 2.45) is 0 Å². The lowest BCUT2D eigenvalue weighted by Gasteiger charge is -2.36. The smallest absolute Gasteiger partial charge is 0.282 e. The molecule has 2 aromatic rings. The largest absolute Gasteiger partial charge is 0.497 e. The number of hydrogen-bond donors (Lipinski definition) is 2. The van der Waals surface area contributed by atoms with Crippen LogP contribution < -0.4 is 19.9 Å². The molecule has 138 valence electrons. The molecule has 1 amide bonds. The highest BCUT2D eigenvalue weighted by Crippen LogP contribution is 2.19. The van der Waals surface area contributed by atoms with Crippen molar-refractivity contribution in [3.05, 3.63) is 54.3 Å². The number of piperazine rings is 1. The van der Waals surface area contributed by atoms with Gasteiger partial charge in [0.1, 0.15) is 11.6 Å². The number of carbonyl (C=O) groups excluding carboxylic acids is 1. The summed E-state index contributed by atoms with van der Waals surface area (Å²) in [5.74, 6) is 0.284. The Kier molecular flexibility index (Phi) is 5.73. The predicted octanol–water partition coefficient (Wildman–Crippen LogP) is 1.57. The van der Waals surface area contributed by atoms with E-state index in [-0.39, 0.29) is 17.6 Å². The van der Waals surface area contributed by atoms with Gasteiger partial charge in [-0.25, -0.2) is 4.39 Å². The number of hydrogen-bond acceptors (Lipinski definition) is 3. The second-order valence-electron chi connectivity index (χ2n) is 6.53. The minimum atomic E-state index is -0.410. The number of methoxy groups -OCH3 is 1. The van der Waals surface area contributed by atoms with E-state index < -0.39 is 5.82 Å². The number of ether oxygens (including phenoxy) is 1. The summed E-state index contributed by atoms with van der Waals surface area (Å²) in [6.07, 6.45) is 0. The van der Waals surface area contributed by atoms with E-state index in [0.717, 1.165) is 37.6 Å². The molecule has 0 aromatic heterocycles. The van der Waals surface area contributed by atoms with Crippen molar-refractivity contribution >= 4 is 17.3 Å². The van der Waals surface area contributed by atoms with Gasteiger partial charge in [0.15, 0.2) is 6.04 Å². The van der Waals surface area contributed by atoms with Crippen molar-refractivity contribution in [3.63, 3.8) is 0 Å². The lowest BCUT2D eigenvalue weighted by atomic mass is 10.2. The summed E-state index contributed by atoms with van der Waals surface area (Å²) in [4.78, 5) is 16.0. The summed E-state index contributed by atoms with van der Waals surface area (Å²) in [6, 6.07) is 14.0. The summed E-state index contributed by atoms with van der Waals surface area (Å²) < 4.78 is 18.9. The summed E-state index contributed by atoms with van der Waals surface area (Å²) in [5.41, 5.74) is 1.40. The predicted molar refractivity (Wildman–Crippen MR) is 100 cm³/mol. The molecule has 0 radical (unpaired) electrons. The van der Waals surface area contributed by atoms with Crippen LogP contribution in [0.3, 0.4) is 0 Å². The van der Waals surface area contributed by atoms with E-state index in [1.54, 1.807) is 25.3 Å². The number of nitrogens with one attached hydrogen (secondary N) is 2. The molecular formula is C20H25FN3O2+. The van der Waals surface area contributed by atoms with Crippen molar-refractivity contribution in [2.45, 2.75) is 13.0 Å². The SMILES string of the molecule is COc1ccc(N2CC[NH+]([C@H](C)C(=O)Nc3ccccc3F)CC2)cc1. The van der Waals surface area contributed by atoms with E-state index in [0.29, 0.717) is 0 Å². The zero-order chi connectivity index (χ0) is 18.5. The third-order valence-corrected chi connectivity index (χ3v) is 4.98. The minimum absolute atomic E-state index is 0.150. The van der Waals surface area contributed by atoms with Gasteiger partial charge >= 0.3 is 0 Å². The van der Waals surface area contributed by atoms with Crippen LogP contribution in [0, 0.1) is 5.82 Å². The summed E-state index contributed by atoms with van der Waals surface area (Å²) in [7, 11) is 1.66. The van der Waals surface area contributed by atoms with Crippen LogP contribution in [0.5, 0.6) is 5.75 Å². The Balaban J connectivity index is 1.55. The molecule has 1 atom stereocenters. The zero-order valence-electron chi connectivity index (χ0n) is 15.2. The van der Waals surface area contributed by atoms with Crippen molar-refractivity contribution in [3.8, 4) is 5.75 Å². The molecule has 0 aliphatic carbocycles. The number of nitrogens with zero attached hydrogens (tertiary/aromatic N) is 1. The van der Waals surface area contributed by atoms with Crippen LogP contribution in [-0.2, 0) is 4.79 Å². The van der Waals surface area contributed by atoms with Gasteiger partial charge in [-0.2, -0.15) is 0 Å². The Hall–Kier alpha value is -2.60. The summed E-state index contributed by atoms with van der Waals surface area (Å²) >= 11 is 0. The number of halogens is 1. The van der Waals surface area contributed by atoms with E-state index in [1.165, 1.54) is 11.0 Å². The average Bonchev–Trinajstić information content (AvgIpc) is 2.69. The molecule has 0 saturated carbocycles. The highest BCUT2D eigenvalue weighted by Gasteiger charge is 2.29. The maximum Gasteiger partial charge on any atom is 0.282 e. The molecule has 26 heavy (non-hydrogen) atoms. The van der Waals surface area contributed by atoms with Crippen LogP contribution in [0.4, 0.5) is 15.8 Å². The zero-order valence-corrected chi connectivity index (χ0v) is 15.2. The molecule has 1 aliphatic rings. The number of rotatable bonds is 5. The minimum Gasteiger partial charge on any atom is -0.497 e. The molecule has 1 fully saturated rings.